The van der Waals surface area contributed by atoms with Crippen LogP contribution in [0.1, 0.15) is 27.2 Å². The zero-order valence-corrected chi connectivity index (χ0v) is 16.6. The molecule has 0 aliphatic carbocycles. The molecule has 0 saturated carbocycles. The number of hydrogen-bond donors (Lipinski definition) is 2. The van der Waals surface area contributed by atoms with E-state index in [1.165, 1.54) is 12.3 Å². The van der Waals surface area contributed by atoms with Crippen molar-refractivity contribution >= 4 is 21.6 Å². The number of hydrogen-bond acceptors (Lipinski definition) is 5. The quantitative estimate of drug-likeness (QED) is 0.565. The van der Waals surface area contributed by atoms with Gasteiger partial charge < -0.3 is 15.5 Å². The molecule has 1 saturated heterocycles. The Balaban J connectivity index is 2.02. The van der Waals surface area contributed by atoms with Gasteiger partial charge in [-0.05, 0) is 39.3 Å². The van der Waals surface area contributed by atoms with Crippen molar-refractivity contribution in [3.63, 3.8) is 0 Å². The van der Waals surface area contributed by atoms with Crippen molar-refractivity contribution in [2.45, 2.75) is 38.0 Å². The van der Waals surface area contributed by atoms with E-state index >= 15 is 0 Å². The fourth-order valence-corrected chi connectivity index (χ4v) is 2.88. The van der Waals surface area contributed by atoms with E-state index in [0.29, 0.717) is 31.4 Å². The molecule has 1 fully saturated rings. The molecule has 2 N–H and O–H groups in total. The van der Waals surface area contributed by atoms with Gasteiger partial charge in [0.15, 0.2) is 27.4 Å². The molecule has 7 nitrogen and oxygen atoms in total. The van der Waals surface area contributed by atoms with Gasteiger partial charge in [0.1, 0.15) is 0 Å². The smallest absolute Gasteiger partial charge is 0.191 e. The largest absolute Gasteiger partial charge is 0.357 e. The van der Waals surface area contributed by atoms with Gasteiger partial charge in [0, 0.05) is 38.1 Å². The van der Waals surface area contributed by atoms with Crippen LogP contribution in [0.15, 0.2) is 23.3 Å². The Hall–Kier alpha value is -1.90. The zero-order chi connectivity index (χ0) is 19.4. The van der Waals surface area contributed by atoms with Gasteiger partial charge >= 0.3 is 0 Å². The van der Waals surface area contributed by atoms with Gasteiger partial charge in [-0.1, -0.05) is 0 Å². The summed E-state index contributed by atoms with van der Waals surface area (Å²) in [6, 6.07) is 3.06. The van der Waals surface area contributed by atoms with E-state index in [9.17, 15) is 12.8 Å². The van der Waals surface area contributed by atoms with Crippen LogP contribution in [0.25, 0.3) is 0 Å². The van der Waals surface area contributed by atoms with Gasteiger partial charge in [-0.3, -0.25) is 4.99 Å². The van der Waals surface area contributed by atoms with E-state index in [1.807, 2.05) is 11.8 Å². The minimum atomic E-state index is -3.21. The van der Waals surface area contributed by atoms with Crippen LogP contribution in [-0.4, -0.2) is 62.6 Å². The van der Waals surface area contributed by atoms with Crippen LogP contribution in [0.4, 0.5) is 10.2 Å². The Kier molecular flexibility index (Phi) is 6.44. The number of sulfone groups is 1. The molecular weight excluding hydrogens is 357 g/mol. The molecule has 2 heterocycles. The maximum Gasteiger partial charge on any atom is 0.191 e. The van der Waals surface area contributed by atoms with Gasteiger partial charge in [-0.2, -0.15) is 0 Å². The predicted molar refractivity (Wildman–Crippen MR) is 103 cm³/mol. The number of nitrogens with one attached hydrogen (secondary N) is 2. The molecule has 0 bridgehead atoms. The molecule has 1 aromatic heterocycles. The predicted octanol–water partition coefficient (Wildman–Crippen LogP) is 1.18. The molecule has 1 aromatic rings. The van der Waals surface area contributed by atoms with Crippen molar-refractivity contribution < 1.29 is 12.8 Å². The fraction of sp³-hybridized carbons (Fsp3) is 0.647. The molecule has 2 rings (SSSR count). The Labute approximate surface area is 155 Å². The number of aromatic nitrogens is 1. The summed E-state index contributed by atoms with van der Waals surface area (Å²) < 4.78 is 36.6. The lowest BCUT2D eigenvalue weighted by molar-refractivity contribution is 0.553. The summed E-state index contributed by atoms with van der Waals surface area (Å²) in [5.74, 6) is 0.596. The summed E-state index contributed by atoms with van der Waals surface area (Å²) in [7, 11) is -3.21. The molecule has 1 unspecified atom stereocenters. The second-order valence-corrected chi connectivity index (χ2v) is 9.76. The highest BCUT2D eigenvalue weighted by Gasteiger charge is 2.30. The van der Waals surface area contributed by atoms with Crippen LogP contribution >= 0.6 is 0 Å². The SMILES string of the molecule is CCNC(=NCC(C)(C)S(C)(=O)=O)NC1CCN(c2ncccc2F)C1. The molecule has 1 aliphatic heterocycles. The summed E-state index contributed by atoms with van der Waals surface area (Å²) in [5.41, 5.74) is 0. The first-order valence-corrected chi connectivity index (χ1v) is 10.6. The van der Waals surface area contributed by atoms with E-state index in [1.54, 1.807) is 26.1 Å². The summed E-state index contributed by atoms with van der Waals surface area (Å²) in [4.78, 5) is 10.5. The topological polar surface area (TPSA) is 86.7 Å². The molecular formula is C17H28FN5O2S. The molecule has 146 valence electrons. The number of nitrogens with zero attached hydrogens (tertiary/aromatic N) is 3. The third-order valence-electron chi connectivity index (χ3n) is 4.53. The number of aliphatic imine (C=N–C) groups is 1. The van der Waals surface area contributed by atoms with E-state index in [-0.39, 0.29) is 18.4 Å². The molecule has 1 atom stereocenters. The van der Waals surface area contributed by atoms with E-state index < -0.39 is 14.6 Å². The normalized spacial score (nSPS) is 18.9. The van der Waals surface area contributed by atoms with Crippen molar-refractivity contribution in [1.82, 2.24) is 15.6 Å². The highest BCUT2D eigenvalue weighted by atomic mass is 32.2. The lowest BCUT2D eigenvalue weighted by Gasteiger charge is -2.22. The minimum absolute atomic E-state index is 0.0792. The van der Waals surface area contributed by atoms with Gasteiger partial charge in [-0.15, -0.1) is 0 Å². The van der Waals surface area contributed by atoms with Gasteiger partial charge in [0.05, 0.1) is 11.3 Å². The summed E-state index contributed by atoms with van der Waals surface area (Å²) in [6.07, 6.45) is 3.62. The average molecular weight is 386 g/mol. The van der Waals surface area contributed by atoms with Crippen LogP contribution in [0, 0.1) is 5.82 Å². The molecule has 0 amide bonds. The summed E-state index contributed by atoms with van der Waals surface area (Å²) in [6.45, 7) is 7.40. The van der Waals surface area contributed by atoms with Crippen molar-refractivity contribution in [3.8, 4) is 0 Å². The van der Waals surface area contributed by atoms with E-state index in [2.05, 4.69) is 20.6 Å². The zero-order valence-electron chi connectivity index (χ0n) is 15.8. The van der Waals surface area contributed by atoms with Gasteiger partial charge in [-0.25, -0.2) is 17.8 Å². The van der Waals surface area contributed by atoms with Crippen LogP contribution < -0.4 is 15.5 Å². The third-order valence-corrected chi connectivity index (χ3v) is 6.67. The second-order valence-electron chi connectivity index (χ2n) is 7.11. The first kappa shape index (κ1) is 20.4. The Bertz CT molecular complexity index is 751. The van der Waals surface area contributed by atoms with Crippen LogP contribution in [0.2, 0.25) is 0 Å². The Morgan fingerprint density at radius 1 is 1.50 bits per heavy atom. The number of halogens is 1. The second kappa shape index (κ2) is 8.20. The molecule has 26 heavy (non-hydrogen) atoms. The monoisotopic (exact) mass is 385 g/mol. The van der Waals surface area contributed by atoms with Crippen molar-refractivity contribution in [2.75, 3.05) is 37.3 Å². The minimum Gasteiger partial charge on any atom is -0.357 e. The van der Waals surface area contributed by atoms with Crippen molar-refractivity contribution in [2.24, 2.45) is 4.99 Å². The standard InChI is InChI=1S/C17H28FN5O2S/c1-5-19-16(21-12-17(2,3)26(4,24)25)22-13-8-10-23(11-13)15-14(18)7-6-9-20-15/h6-7,9,13H,5,8,10-12H2,1-4H3,(H2,19,21,22). The molecule has 0 radical (unpaired) electrons. The molecule has 9 heteroatoms. The number of pyridine rings is 1. The average Bonchev–Trinajstić information content (AvgIpc) is 3.00. The highest BCUT2D eigenvalue weighted by molar-refractivity contribution is 7.92. The fourth-order valence-electron chi connectivity index (χ4n) is 2.58. The number of anilines is 1. The lowest BCUT2D eigenvalue weighted by atomic mass is 10.2. The molecule has 1 aliphatic rings. The van der Waals surface area contributed by atoms with Gasteiger partial charge in [0.2, 0.25) is 0 Å². The maximum absolute atomic E-state index is 13.9. The van der Waals surface area contributed by atoms with Crippen molar-refractivity contribution in [1.29, 1.82) is 0 Å². The Morgan fingerprint density at radius 2 is 2.23 bits per heavy atom. The first-order valence-electron chi connectivity index (χ1n) is 8.74. The molecule has 0 spiro atoms. The van der Waals surface area contributed by atoms with E-state index in [4.69, 9.17) is 0 Å². The third kappa shape index (κ3) is 5.06. The number of rotatable bonds is 6. The number of guanidine groups is 1. The van der Waals surface area contributed by atoms with E-state index in [0.717, 1.165) is 6.42 Å². The van der Waals surface area contributed by atoms with Crippen LogP contribution in [0.3, 0.4) is 0 Å². The summed E-state index contributed by atoms with van der Waals surface area (Å²) in [5, 5.41) is 6.45. The summed E-state index contributed by atoms with van der Waals surface area (Å²) >= 11 is 0. The van der Waals surface area contributed by atoms with Crippen molar-refractivity contribution in [3.05, 3.63) is 24.1 Å². The maximum atomic E-state index is 13.9. The molecule has 0 aromatic carbocycles. The lowest BCUT2D eigenvalue weighted by Crippen LogP contribution is -2.46. The highest BCUT2D eigenvalue weighted by Crippen LogP contribution is 2.21. The Morgan fingerprint density at radius 3 is 2.85 bits per heavy atom. The van der Waals surface area contributed by atoms with Gasteiger partial charge in [0.25, 0.3) is 0 Å². The first-order chi connectivity index (χ1) is 12.1. The van der Waals surface area contributed by atoms with Crippen LogP contribution in [-0.2, 0) is 9.84 Å². The van der Waals surface area contributed by atoms with Crippen LogP contribution in [0.5, 0.6) is 0 Å².